The Morgan fingerprint density at radius 2 is 1.86 bits per heavy atom. The van der Waals surface area contributed by atoms with Crippen LogP contribution in [0.5, 0.6) is 5.75 Å². The highest BCUT2D eigenvalue weighted by Crippen LogP contribution is 2.37. The molecule has 2 aliphatic rings. The molecular weight excluding hydrogens is 364 g/mol. The van der Waals surface area contributed by atoms with Gasteiger partial charge in [0.1, 0.15) is 11.8 Å². The summed E-state index contributed by atoms with van der Waals surface area (Å²) in [4.78, 5) is 28.2. The zero-order valence-corrected chi connectivity index (χ0v) is 17.1. The maximum Gasteiger partial charge on any atom is 0.247 e. The predicted molar refractivity (Wildman–Crippen MR) is 111 cm³/mol. The Hall–Kier alpha value is -2.82. The number of benzene rings is 2. The third-order valence-electron chi connectivity index (χ3n) is 5.98. The Morgan fingerprint density at radius 1 is 1.14 bits per heavy atom. The van der Waals surface area contributed by atoms with E-state index in [9.17, 15) is 9.59 Å². The number of hydrogen-bond donors (Lipinski definition) is 1. The van der Waals surface area contributed by atoms with Crippen molar-refractivity contribution in [2.45, 2.75) is 44.7 Å². The van der Waals surface area contributed by atoms with Gasteiger partial charge in [0, 0.05) is 12.5 Å². The summed E-state index contributed by atoms with van der Waals surface area (Å²) in [6, 6.07) is 15.1. The van der Waals surface area contributed by atoms with Crippen molar-refractivity contribution in [3.63, 3.8) is 0 Å². The summed E-state index contributed by atoms with van der Waals surface area (Å²) in [5, 5.41) is 3.20. The number of hydrogen-bond acceptors (Lipinski definition) is 3. The Morgan fingerprint density at radius 3 is 2.52 bits per heavy atom. The second-order valence-corrected chi connectivity index (χ2v) is 7.90. The van der Waals surface area contributed by atoms with Gasteiger partial charge in [0.2, 0.25) is 11.8 Å². The van der Waals surface area contributed by atoms with E-state index >= 15 is 0 Å². The number of carbonyl (C=O) groups excluding carboxylic acids is 2. The van der Waals surface area contributed by atoms with Crippen LogP contribution in [-0.2, 0) is 16.0 Å². The van der Waals surface area contributed by atoms with Crippen LogP contribution >= 0.6 is 0 Å². The van der Waals surface area contributed by atoms with Crippen molar-refractivity contribution < 1.29 is 14.3 Å². The highest BCUT2D eigenvalue weighted by atomic mass is 16.5. The Kier molecular flexibility index (Phi) is 5.56. The number of amides is 2. The van der Waals surface area contributed by atoms with Gasteiger partial charge in [0.25, 0.3) is 0 Å². The maximum atomic E-state index is 13.5. The summed E-state index contributed by atoms with van der Waals surface area (Å²) in [6.07, 6.45) is 3.45. The molecule has 0 radical (unpaired) electrons. The Balaban J connectivity index is 1.60. The molecule has 29 heavy (non-hydrogen) atoms. The number of nitrogens with zero attached hydrogens (tertiary/aromatic N) is 1. The topological polar surface area (TPSA) is 58.6 Å². The minimum atomic E-state index is -0.555. The summed E-state index contributed by atoms with van der Waals surface area (Å²) in [5.74, 6) is 0.905. The molecule has 4 rings (SSSR count). The number of methoxy groups -OCH3 is 1. The van der Waals surface area contributed by atoms with Gasteiger partial charge in [0.05, 0.1) is 13.2 Å². The maximum absolute atomic E-state index is 13.5. The van der Waals surface area contributed by atoms with Crippen molar-refractivity contribution in [1.29, 1.82) is 0 Å². The van der Waals surface area contributed by atoms with Crippen LogP contribution in [0.3, 0.4) is 0 Å². The van der Waals surface area contributed by atoms with Crippen LogP contribution < -0.4 is 10.1 Å². The third kappa shape index (κ3) is 4.00. The molecule has 1 heterocycles. The third-order valence-corrected chi connectivity index (χ3v) is 5.98. The Labute approximate surface area is 172 Å². The van der Waals surface area contributed by atoms with Crippen molar-refractivity contribution in [3.05, 3.63) is 65.2 Å². The molecule has 0 bridgehead atoms. The molecule has 0 aromatic heterocycles. The lowest BCUT2D eigenvalue weighted by Crippen LogP contribution is -2.48. The van der Waals surface area contributed by atoms with E-state index in [4.69, 9.17) is 4.74 Å². The number of nitrogens with one attached hydrogen (secondary N) is 1. The zero-order valence-electron chi connectivity index (χ0n) is 17.1. The molecule has 2 aromatic rings. The van der Waals surface area contributed by atoms with Crippen LogP contribution in [0.4, 0.5) is 0 Å². The molecule has 5 heteroatoms. The fourth-order valence-corrected chi connectivity index (χ4v) is 4.16. The second kappa shape index (κ2) is 8.27. The molecule has 5 nitrogen and oxygen atoms in total. The molecule has 0 unspecified atom stereocenters. The first kappa shape index (κ1) is 19.5. The minimum Gasteiger partial charge on any atom is -0.497 e. The van der Waals surface area contributed by atoms with Gasteiger partial charge in [0.15, 0.2) is 0 Å². The predicted octanol–water partition coefficient (Wildman–Crippen LogP) is 3.80. The molecule has 2 amide bonds. The van der Waals surface area contributed by atoms with E-state index in [0.717, 1.165) is 48.1 Å². The van der Waals surface area contributed by atoms with E-state index in [1.165, 1.54) is 0 Å². The molecule has 1 aliphatic heterocycles. The lowest BCUT2D eigenvalue weighted by Gasteiger charge is -2.37. The quantitative estimate of drug-likeness (QED) is 0.814. The number of carbonyl (C=O) groups is 2. The van der Waals surface area contributed by atoms with Gasteiger partial charge in [-0.15, -0.1) is 0 Å². The minimum absolute atomic E-state index is 0.0964. The van der Waals surface area contributed by atoms with E-state index in [0.29, 0.717) is 6.54 Å². The number of fused-ring (bicyclic) bond motifs is 1. The molecule has 2 aromatic carbocycles. The van der Waals surface area contributed by atoms with Crippen LogP contribution in [0.15, 0.2) is 48.5 Å². The fourth-order valence-electron chi connectivity index (χ4n) is 4.16. The average molecular weight is 392 g/mol. The van der Waals surface area contributed by atoms with Gasteiger partial charge in [-0.05, 0) is 54.5 Å². The fraction of sp³-hybridized carbons (Fsp3) is 0.417. The lowest BCUT2D eigenvalue weighted by molar-refractivity contribution is -0.142. The first-order valence-corrected chi connectivity index (χ1v) is 10.4. The van der Waals surface area contributed by atoms with Crippen LogP contribution in [0.2, 0.25) is 0 Å². The van der Waals surface area contributed by atoms with E-state index in [-0.39, 0.29) is 23.8 Å². The molecule has 0 spiro atoms. The Bertz CT molecular complexity index is 889. The summed E-state index contributed by atoms with van der Waals surface area (Å²) < 4.78 is 5.24. The average Bonchev–Trinajstić information content (AvgIpc) is 3.61. The molecule has 152 valence electrons. The van der Waals surface area contributed by atoms with Crippen LogP contribution in [0.1, 0.15) is 55.0 Å². The molecule has 0 saturated heterocycles. The van der Waals surface area contributed by atoms with Crippen LogP contribution in [-0.4, -0.2) is 30.4 Å². The number of rotatable bonds is 6. The van der Waals surface area contributed by atoms with Crippen LogP contribution in [0, 0.1) is 5.92 Å². The lowest BCUT2D eigenvalue weighted by atomic mass is 9.91. The van der Waals surface area contributed by atoms with E-state index < -0.39 is 6.04 Å². The van der Waals surface area contributed by atoms with Gasteiger partial charge in [-0.2, -0.15) is 0 Å². The van der Waals surface area contributed by atoms with Gasteiger partial charge >= 0.3 is 0 Å². The molecule has 1 saturated carbocycles. The second-order valence-electron chi connectivity index (χ2n) is 7.90. The van der Waals surface area contributed by atoms with Gasteiger partial charge in [-0.1, -0.05) is 43.3 Å². The first-order valence-electron chi connectivity index (χ1n) is 10.4. The monoisotopic (exact) mass is 392 g/mol. The van der Waals surface area contributed by atoms with Crippen molar-refractivity contribution in [2.75, 3.05) is 13.7 Å². The van der Waals surface area contributed by atoms with Crippen molar-refractivity contribution in [1.82, 2.24) is 10.2 Å². The molecule has 2 atom stereocenters. The highest BCUT2D eigenvalue weighted by Gasteiger charge is 2.41. The molecule has 1 aliphatic carbocycles. The van der Waals surface area contributed by atoms with E-state index in [2.05, 4.69) is 18.3 Å². The van der Waals surface area contributed by atoms with Gasteiger partial charge in [-0.25, -0.2) is 0 Å². The van der Waals surface area contributed by atoms with Crippen LogP contribution in [0.25, 0.3) is 0 Å². The summed E-state index contributed by atoms with van der Waals surface area (Å²) in [7, 11) is 1.64. The SMILES string of the molecule is CC[C@H](NC(=O)[C@H]1c2ccccc2CCN1C(=O)C1CC1)c1ccc(OC)cc1. The molecular formula is C24H28N2O3. The highest BCUT2D eigenvalue weighted by molar-refractivity contribution is 5.91. The molecule has 1 N–H and O–H groups in total. The summed E-state index contributed by atoms with van der Waals surface area (Å²) >= 11 is 0. The summed E-state index contributed by atoms with van der Waals surface area (Å²) in [6.45, 7) is 2.65. The van der Waals surface area contributed by atoms with Gasteiger partial charge in [-0.3, -0.25) is 9.59 Å². The van der Waals surface area contributed by atoms with Crippen molar-refractivity contribution in [2.24, 2.45) is 5.92 Å². The first-order chi connectivity index (χ1) is 14.1. The largest absolute Gasteiger partial charge is 0.497 e. The van der Waals surface area contributed by atoms with E-state index in [1.54, 1.807) is 12.0 Å². The standard InChI is InChI=1S/C24H28N2O3/c1-3-21(17-10-12-19(29-2)13-11-17)25-23(27)22-20-7-5-4-6-16(20)14-15-26(22)24(28)18-8-9-18/h4-7,10-13,18,21-22H,3,8-9,14-15H2,1-2H3,(H,25,27)/t21-,22+/m0/s1. The zero-order chi connectivity index (χ0) is 20.4. The summed E-state index contributed by atoms with van der Waals surface area (Å²) in [5.41, 5.74) is 3.14. The van der Waals surface area contributed by atoms with E-state index in [1.807, 2.05) is 42.5 Å². The van der Waals surface area contributed by atoms with Crippen molar-refractivity contribution in [3.8, 4) is 5.75 Å². The normalized spacial score (nSPS) is 19.2. The molecule has 1 fully saturated rings. The smallest absolute Gasteiger partial charge is 0.247 e. The van der Waals surface area contributed by atoms with Crippen molar-refractivity contribution >= 4 is 11.8 Å². The number of ether oxygens (including phenoxy) is 1. The van der Waals surface area contributed by atoms with Gasteiger partial charge < -0.3 is 15.0 Å².